The molecular formula is C19H24N4O2. The lowest BCUT2D eigenvalue weighted by atomic mass is 10.1. The van der Waals surface area contributed by atoms with E-state index in [0.29, 0.717) is 16.8 Å². The van der Waals surface area contributed by atoms with Gasteiger partial charge in [-0.05, 0) is 44.0 Å². The van der Waals surface area contributed by atoms with Crippen molar-refractivity contribution in [2.24, 2.45) is 7.05 Å². The molecule has 0 saturated carbocycles. The lowest BCUT2D eigenvalue weighted by molar-refractivity contribution is 0.0761. The van der Waals surface area contributed by atoms with Crippen LogP contribution in [0.25, 0.3) is 0 Å². The first-order chi connectivity index (χ1) is 12.1. The van der Waals surface area contributed by atoms with Crippen molar-refractivity contribution in [1.82, 2.24) is 14.7 Å². The topological polar surface area (TPSA) is 67.2 Å². The largest absolute Gasteiger partial charge is 0.339 e. The third kappa shape index (κ3) is 3.90. The first kappa shape index (κ1) is 17.2. The summed E-state index contributed by atoms with van der Waals surface area (Å²) in [4.78, 5) is 26.8. The van der Waals surface area contributed by atoms with Crippen molar-refractivity contribution in [3.8, 4) is 0 Å². The van der Waals surface area contributed by atoms with Crippen molar-refractivity contribution in [3.63, 3.8) is 0 Å². The average Bonchev–Trinajstić information content (AvgIpc) is 2.82. The van der Waals surface area contributed by atoms with Crippen LogP contribution in [-0.4, -0.2) is 39.6 Å². The lowest BCUT2D eigenvalue weighted by Gasteiger charge is -2.20. The van der Waals surface area contributed by atoms with E-state index in [1.54, 1.807) is 42.2 Å². The quantitative estimate of drug-likeness (QED) is 0.934. The molecule has 6 heteroatoms. The molecule has 1 aliphatic rings. The van der Waals surface area contributed by atoms with E-state index in [4.69, 9.17) is 0 Å². The minimum Gasteiger partial charge on any atom is -0.339 e. The SMILES string of the molecule is Cc1c(C(=O)Nc2ccc(C(=O)N3CCCCCC3)cc2)cnn1C. The van der Waals surface area contributed by atoms with E-state index in [9.17, 15) is 9.59 Å². The summed E-state index contributed by atoms with van der Waals surface area (Å²) in [6.07, 6.45) is 6.10. The zero-order valence-electron chi connectivity index (χ0n) is 14.8. The van der Waals surface area contributed by atoms with Crippen molar-refractivity contribution in [1.29, 1.82) is 0 Å². The Labute approximate surface area is 147 Å². The molecule has 2 aromatic rings. The molecule has 0 atom stereocenters. The summed E-state index contributed by atoms with van der Waals surface area (Å²) in [7, 11) is 1.80. The molecule has 1 N–H and O–H groups in total. The smallest absolute Gasteiger partial charge is 0.259 e. The number of likely N-dealkylation sites (tertiary alicyclic amines) is 1. The van der Waals surface area contributed by atoms with Gasteiger partial charge in [0.05, 0.1) is 11.8 Å². The highest BCUT2D eigenvalue weighted by Gasteiger charge is 2.17. The fourth-order valence-corrected chi connectivity index (χ4v) is 3.07. The van der Waals surface area contributed by atoms with E-state index in [1.165, 1.54) is 12.8 Å². The predicted octanol–water partition coefficient (Wildman–Crippen LogP) is 3.00. The molecule has 1 aromatic carbocycles. The van der Waals surface area contributed by atoms with Gasteiger partial charge in [-0.3, -0.25) is 14.3 Å². The van der Waals surface area contributed by atoms with Gasteiger partial charge in [-0.1, -0.05) is 12.8 Å². The van der Waals surface area contributed by atoms with Gasteiger partial charge in [0.25, 0.3) is 11.8 Å². The van der Waals surface area contributed by atoms with Crippen molar-refractivity contribution in [2.45, 2.75) is 32.6 Å². The first-order valence-electron chi connectivity index (χ1n) is 8.75. The zero-order chi connectivity index (χ0) is 17.8. The van der Waals surface area contributed by atoms with Gasteiger partial charge in [0.1, 0.15) is 0 Å². The van der Waals surface area contributed by atoms with Crippen LogP contribution in [0, 0.1) is 6.92 Å². The van der Waals surface area contributed by atoms with Crippen LogP contribution in [0.4, 0.5) is 5.69 Å². The molecule has 0 radical (unpaired) electrons. The number of nitrogens with one attached hydrogen (secondary N) is 1. The van der Waals surface area contributed by atoms with E-state index in [-0.39, 0.29) is 11.8 Å². The molecule has 132 valence electrons. The number of benzene rings is 1. The Kier molecular flexibility index (Phi) is 5.16. The van der Waals surface area contributed by atoms with Gasteiger partial charge >= 0.3 is 0 Å². The molecule has 0 aliphatic carbocycles. The highest BCUT2D eigenvalue weighted by atomic mass is 16.2. The molecule has 0 unspecified atom stereocenters. The normalized spacial score (nSPS) is 14.9. The van der Waals surface area contributed by atoms with Crippen LogP contribution in [0.15, 0.2) is 30.5 Å². The highest BCUT2D eigenvalue weighted by Crippen LogP contribution is 2.16. The van der Waals surface area contributed by atoms with Crippen molar-refractivity contribution < 1.29 is 9.59 Å². The van der Waals surface area contributed by atoms with Crippen molar-refractivity contribution in [3.05, 3.63) is 47.3 Å². The molecule has 1 saturated heterocycles. The summed E-state index contributed by atoms with van der Waals surface area (Å²) >= 11 is 0. The Morgan fingerprint density at radius 3 is 2.24 bits per heavy atom. The summed E-state index contributed by atoms with van der Waals surface area (Å²) in [5.41, 5.74) is 2.69. The number of nitrogens with zero attached hydrogens (tertiary/aromatic N) is 3. The molecule has 2 amide bonds. The fourth-order valence-electron chi connectivity index (χ4n) is 3.07. The number of carbonyl (C=O) groups is 2. The van der Waals surface area contributed by atoms with Crippen LogP contribution in [0.5, 0.6) is 0 Å². The van der Waals surface area contributed by atoms with Gasteiger partial charge in [-0.15, -0.1) is 0 Å². The number of hydrogen-bond donors (Lipinski definition) is 1. The Morgan fingerprint density at radius 2 is 1.68 bits per heavy atom. The average molecular weight is 340 g/mol. The summed E-state index contributed by atoms with van der Waals surface area (Å²) in [5, 5.41) is 6.93. The molecule has 0 bridgehead atoms. The van der Waals surface area contributed by atoms with Gasteiger partial charge in [-0.2, -0.15) is 5.10 Å². The Bertz CT molecular complexity index is 756. The van der Waals surface area contributed by atoms with E-state index >= 15 is 0 Å². The van der Waals surface area contributed by atoms with Crippen LogP contribution < -0.4 is 5.32 Å². The number of aryl methyl sites for hydroxylation is 1. The molecule has 2 heterocycles. The molecule has 0 spiro atoms. The van der Waals surface area contributed by atoms with Crippen LogP contribution in [0.2, 0.25) is 0 Å². The summed E-state index contributed by atoms with van der Waals surface area (Å²) in [5.74, 6) is -0.125. The maximum absolute atomic E-state index is 12.6. The fraction of sp³-hybridized carbons (Fsp3) is 0.421. The van der Waals surface area contributed by atoms with Crippen molar-refractivity contribution in [2.75, 3.05) is 18.4 Å². The molecular weight excluding hydrogens is 316 g/mol. The molecule has 6 nitrogen and oxygen atoms in total. The number of hydrogen-bond acceptors (Lipinski definition) is 3. The summed E-state index contributed by atoms with van der Waals surface area (Å²) in [6.45, 7) is 3.51. The number of anilines is 1. The second-order valence-corrected chi connectivity index (χ2v) is 6.51. The zero-order valence-corrected chi connectivity index (χ0v) is 14.8. The number of amides is 2. The van der Waals surface area contributed by atoms with Crippen LogP contribution in [0.3, 0.4) is 0 Å². The second-order valence-electron chi connectivity index (χ2n) is 6.51. The lowest BCUT2D eigenvalue weighted by Crippen LogP contribution is -2.31. The van der Waals surface area contributed by atoms with E-state index in [0.717, 1.165) is 31.6 Å². The summed E-state index contributed by atoms with van der Waals surface area (Å²) in [6, 6.07) is 7.10. The monoisotopic (exact) mass is 340 g/mol. The van der Waals surface area contributed by atoms with Gasteiger partial charge < -0.3 is 10.2 Å². The Balaban J connectivity index is 1.66. The van der Waals surface area contributed by atoms with Crippen LogP contribution in [-0.2, 0) is 7.05 Å². The number of carbonyl (C=O) groups excluding carboxylic acids is 2. The maximum atomic E-state index is 12.6. The third-order valence-electron chi connectivity index (χ3n) is 4.76. The van der Waals surface area contributed by atoms with Crippen LogP contribution >= 0.6 is 0 Å². The first-order valence-corrected chi connectivity index (χ1v) is 8.75. The predicted molar refractivity (Wildman–Crippen MR) is 96.7 cm³/mol. The maximum Gasteiger partial charge on any atom is 0.259 e. The summed E-state index contributed by atoms with van der Waals surface area (Å²) < 4.78 is 1.66. The second kappa shape index (κ2) is 7.51. The Morgan fingerprint density at radius 1 is 1.04 bits per heavy atom. The van der Waals surface area contributed by atoms with Gasteiger partial charge in [-0.25, -0.2) is 0 Å². The van der Waals surface area contributed by atoms with E-state index in [2.05, 4.69) is 10.4 Å². The highest BCUT2D eigenvalue weighted by molar-refractivity contribution is 6.05. The third-order valence-corrected chi connectivity index (χ3v) is 4.76. The number of aromatic nitrogens is 2. The van der Waals surface area contributed by atoms with Gasteiger partial charge in [0.2, 0.25) is 0 Å². The standard InChI is InChI=1S/C19H24N4O2/c1-14-17(13-20-22(14)2)18(24)21-16-9-7-15(8-10-16)19(25)23-11-5-3-4-6-12-23/h7-10,13H,3-6,11-12H2,1-2H3,(H,21,24). The molecule has 25 heavy (non-hydrogen) atoms. The van der Waals surface area contributed by atoms with Gasteiger partial charge in [0, 0.05) is 37.1 Å². The van der Waals surface area contributed by atoms with E-state index < -0.39 is 0 Å². The minimum atomic E-state index is -0.197. The van der Waals surface area contributed by atoms with Crippen LogP contribution in [0.1, 0.15) is 52.1 Å². The van der Waals surface area contributed by atoms with Gasteiger partial charge in [0.15, 0.2) is 0 Å². The molecule has 1 aliphatic heterocycles. The van der Waals surface area contributed by atoms with E-state index in [1.807, 2.05) is 11.8 Å². The molecule has 1 aromatic heterocycles. The minimum absolute atomic E-state index is 0.0721. The molecule has 3 rings (SSSR count). The number of rotatable bonds is 3. The molecule has 1 fully saturated rings. The Hall–Kier alpha value is -2.63. The van der Waals surface area contributed by atoms with Crippen molar-refractivity contribution >= 4 is 17.5 Å².